The third kappa shape index (κ3) is 3.44. The van der Waals surface area contributed by atoms with Gasteiger partial charge in [-0.05, 0) is 43.7 Å². The van der Waals surface area contributed by atoms with E-state index < -0.39 is 0 Å². The molecule has 20 heavy (non-hydrogen) atoms. The Kier molecular flexibility index (Phi) is 4.79. The first kappa shape index (κ1) is 14.6. The summed E-state index contributed by atoms with van der Waals surface area (Å²) in [6.07, 6.45) is 6.69. The second-order valence-electron chi connectivity index (χ2n) is 6.45. The molecule has 1 aliphatic carbocycles. The van der Waals surface area contributed by atoms with E-state index in [0.717, 1.165) is 12.0 Å². The summed E-state index contributed by atoms with van der Waals surface area (Å²) >= 11 is 2.01. The minimum Gasteiger partial charge on any atom is -0.311 e. The second kappa shape index (κ2) is 6.59. The van der Waals surface area contributed by atoms with Gasteiger partial charge >= 0.3 is 0 Å². The molecule has 2 heterocycles. The summed E-state index contributed by atoms with van der Waals surface area (Å²) in [6, 6.07) is 6.17. The first-order chi connectivity index (χ1) is 9.80. The molecule has 1 saturated carbocycles. The molecule has 0 amide bonds. The second-order valence-corrected chi connectivity index (χ2v) is 7.70. The average molecular weight is 292 g/mol. The lowest BCUT2D eigenvalue weighted by Gasteiger charge is -2.40. The summed E-state index contributed by atoms with van der Waals surface area (Å²) in [4.78, 5) is 5.87. The average Bonchev–Trinajstić information content (AvgIpc) is 3.19. The molecule has 3 heteroatoms. The molecule has 3 rings (SSSR count). The van der Waals surface area contributed by atoms with Gasteiger partial charge in [0.2, 0.25) is 0 Å². The maximum absolute atomic E-state index is 3.79. The molecular formula is C17H28N2S. The number of thiophene rings is 1. The van der Waals surface area contributed by atoms with Crippen molar-refractivity contribution >= 4 is 11.3 Å². The molecule has 0 bridgehead atoms. The largest absolute Gasteiger partial charge is 0.311 e. The lowest BCUT2D eigenvalue weighted by molar-refractivity contribution is 0.105. The van der Waals surface area contributed by atoms with Gasteiger partial charge in [0.25, 0.3) is 0 Å². The van der Waals surface area contributed by atoms with Gasteiger partial charge in [-0.2, -0.15) is 0 Å². The minimum absolute atomic E-state index is 0.709. The number of nitrogens with one attached hydrogen (secondary N) is 1. The first-order valence-electron chi connectivity index (χ1n) is 8.35. The normalized spacial score (nSPS) is 27.9. The molecule has 0 aromatic carbocycles. The number of rotatable bonds is 6. The molecule has 1 aromatic heterocycles. The maximum Gasteiger partial charge on any atom is 0.0332 e. The van der Waals surface area contributed by atoms with Crippen molar-refractivity contribution in [1.82, 2.24) is 10.2 Å². The number of piperazine rings is 1. The van der Waals surface area contributed by atoms with Crippen LogP contribution >= 0.6 is 11.3 Å². The number of aryl methyl sites for hydroxylation is 1. The van der Waals surface area contributed by atoms with E-state index in [1.54, 1.807) is 4.88 Å². The fraction of sp³-hybridized carbons (Fsp3) is 0.765. The third-order valence-electron chi connectivity index (χ3n) is 4.77. The standard InChI is InChI=1S/C17H28N2S/c1-3-5-14-11-19(17(10-18-14)13-6-7-13)12-16-9-8-15(4-2)20-16/h8-9,13-14,17-18H,3-7,10-12H2,1-2H3. The molecule has 2 aliphatic rings. The minimum atomic E-state index is 0.709. The van der Waals surface area contributed by atoms with Gasteiger partial charge in [-0.25, -0.2) is 0 Å². The highest BCUT2D eigenvalue weighted by Gasteiger charge is 2.38. The van der Waals surface area contributed by atoms with E-state index in [1.165, 1.54) is 56.6 Å². The predicted molar refractivity (Wildman–Crippen MR) is 87.3 cm³/mol. The summed E-state index contributed by atoms with van der Waals surface area (Å²) in [6.45, 7) is 8.18. The Labute approximate surface area is 127 Å². The van der Waals surface area contributed by atoms with E-state index in [4.69, 9.17) is 0 Å². The molecular weight excluding hydrogens is 264 g/mol. The summed E-state index contributed by atoms with van der Waals surface area (Å²) in [5.41, 5.74) is 0. The summed E-state index contributed by atoms with van der Waals surface area (Å²) in [7, 11) is 0. The number of nitrogens with zero attached hydrogens (tertiary/aromatic N) is 1. The van der Waals surface area contributed by atoms with Gasteiger partial charge in [0, 0.05) is 41.5 Å². The van der Waals surface area contributed by atoms with Crippen LogP contribution in [-0.4, -0.2) is 30.1 Å². The highest BCUT2D eigenvalue weighted by atomic mass is 32.1. The maximum atomic E-state index is 3.79. The quantitative estimate of drug-likeness (QED) is 0.861. The monoisotopic (exact) mass is 292 g/mol. The van der Waals surface area contributed by atoms with Gasteiger partial charge in [-0.15, -0.1) is 11.3 Å². The SMILES string of the molecule is CCCC1CN(Cc2ccc(CC)s2)C(C2CC2)CN1. The van der Waals surface area contributed by atoms with E-state index in [-0.39, 0.29) is 0 Å². The van der Waals surface area contributed by atoms with E-state index in [2.05, 4.69) is 36.2 Å². The Morgan fingerprint density at radius 3 is 2.70 bits per heavy atom. The predicted octanol–water partition coefficient (Wildman–Crippen LogP) is 3.66. The van der Waals surface area contributed by atoms with Crippen LogP contribution in [0, 0.1) is 5.92 Å². The Hall–Kier alpha value is -0.380. The number of hydrogen-bond donors (Lipinski definition) is 1. The van der Waals surface area contributed by atoms with Crippen molar-refractivity contribution in [2.24, 2.45) is 5.92 Å². The molecule has 2 fully saturated rings. The highest BCUT2D eigenvalue weighted by molar-refractivity contribution is 7.11. The summed E-state index contributed by atoms with van der Waals surface area (Å²) < 4.78 is 0. The van der Waals surface area contributed by atoms with Crippen LogP contribution in [0.25, 0.3) is 0 Å². The van der Waals surface area contributed by atoms with Gasteiger partial charge in [0.15, 0.2) is 0 Å². The van der Waals surface area contributed by atoms with Crippen molar-refractivity contribution in [3.63, 3.8) is 0 Å². The molecule has 2 nitrogen and oxygen atoms in total. The van der Waals surface area contributed by atoms with Crippen LogP contribution in [-0.2, 0) is 13.0 Å². The lowest BCUT2D eigenvalue weighted by atomic mass is 10.0. The molecule has 1 aromatic rings. The summed E-state index contributed by atoms with van der Waals surface area (Å²) in [5, 5.41) is 3.79. The molecule has 112 valence electrons. The van der Waals surface area contributed by atoms with Crippen LogP contribution < -0.4 is 5.32 Å². The summed E-state index contributed by atoms with van der Waals surface area (Å²) in [5.74, 6) is 0.968. The molecule has 1 aliphatic heterocycles. The van der Waals surface area contributed by atoms with Crippen LogP contribution in [0.2, 0.25) is 0 Å². The fourth-order valence-electron chi connectivity index (χ4n) is 3.47. The molecule has 1 N–H and O–H groups in total. The van der Waals surface area contributed by atoms with Crippen molar-refractivity contribution in [2.75, 3.05) is 13.1 Å². The Morgan fingerprint density at radius 1 is 1.25 bits per heavy atom. The van der Waals surface area contributed by atoms with Crippen LogP contribution in [0.5, 0.6) is 0 Å². The first-order valence-corrected chi connectivity index (χ1v) is 9.16. The van der Waals surface area contributed by atoms with Gasteiger partial charge < -0.3 is 5.32 Å². The van der Waals surface area contributed by atoms with Crippen LogP contribution in [0.4, 0.5) is 0 Å². The van der Waals surface area contributed by atoms with Gasteiger partial charge in [0.1, 0.15) is 0 Å². The zero-order chi connectivity index (χ0) is 13.9. The van der Waals surface area contributed by atoms with Gasteiger partial charge in [-0.1, -0.05) is 20.3 Å². The van der Waals surface area contributed by atoms with E-state index in [0.29, 0.717) is 6.04 Å². The van der Waals surface area contributed by atoms with Crippen LogP contribution in [0.15, 0.2) is 12.1 Å². The molecule has 2 atom stereocenters. The highest BCUT2D eigenvalue weighted by Crippen LogP contribution is 2.37. The van der Waals surface area contributed by atoms with Crippen molar-refractivity contribution in [1.29, 1.82) is 0 Å². The fourth-order valence-corrected chi connectivity index (χ4v) is 4.45. The van der Waals surface area contributed by atoms with Crippen molar-refractivity contribution in [3.8, 4) is 0 Å². The molecule has 0 spiro atoms. The van der Waals surface area contributed by atoms with Crippen LogP contribution in [0.1, 0.15) is 49.3 Å². The van der Waals surface area contributed by atoms with Gasteiger partial charge in [0.05, 0.1) is 0 Å². The van der Waals surface area contributed by atoms with Crippen molar-refractivity contribution in [2.45, 2.75) is 64.6 Å². The molecule has 2 unspecified atom stereocenters. The van der Waals surface area contributed by atoms with Crippen molar-refractivity contribution in [3.05, 3.63) is 21.9 Å². The topological polar surface area (TPSA) is 15.3 Å². The van der Waals surface area contributed by atoms with E-state index in [1.807, 2.05) is 11.3 Å². The zero-order valence-electron chi connectivity index (χ0n) is 12.9. The molecule has 1 saturated heterocycles. The van der Waals surface area contributed by atoms with Gasteiger partial charge in [-0.3, -0.25) is 4.90 Å². The third-order valence-corrected chi connectivity index (χ3v) is 5.98. The van der Waals surface area contributed by atoms with E-state index >= 15 is 0 Å². The lowest BCUT2D eigenvalue weighted by Crippen LogP contribution is -2.56. The Morgan fingerprint density at radius 2 is 2.05 bits per heavy atom. The number of hydrogen-bond acceptors (Lipinski definition) is 3. The molecule has 0 radical (unpaired) electrons. The van der Waals surface area contributed by atoms with Crippen LogP contribution in [0.3, 0.4) is 0 Å². The van der Waals surface area contributed by atoms with Crippen molar-refractivity contribution < 1.29 is 0 Å². The Balaban J connectivity index is 1.65. The smallest absolute Gasteiger partial charge is 0.0332 e. The van der Waals surface area contributed by atoms with E-state index in [9.17, 15) is 0 Å². The Bertz CT molecular complexity index is 424. The zero-order valence-corrected chi connectivity index (χ0v) is 13.7.